The minimum absolute atomic E-state index is 0.0679. The number of hydrogen-bond acceptors (Lipinski definition) is 4. The maximum atomic E-state index is 13.0. The molecule has 0 unspecified atom stereocenters. The number of fused-ring (bicyclic) bond motifs is 1. The molecule has 0 atom stereocenters. The lowest BCUT2D eigenvalue weighted by atomic mass is 10.0. The van der Waals surface area contributed by atoms with Gasteiger partial charge in [0.1, 0.15) is 0 Å². The third kappa shape index (κ3) is 4.92. The molecule has 0 fully saturated rings. The zero-order valence-corrected chi connectivity index (χ0v) is 18.9. The molecule has 0 aliphatic heterocycles. The van der Waals surface area contributed by atoms with Crippen LogP contribution in [0.2, 0.25) is 0 Å². The second-order valence-electron chi connectivity index (χ2n) is 7.97. The summed E-state index contributed by atoms with van der Waals surface area (Å²) < 4.78 is 1.68. The van der Waals surface area contributed by atoms with E-state index in [0.29, 0.717) is 22.6 Å². The molecular weight excluding hydrogens is 418 g/mol. The van der Waals surface area contributed by atoms with Crippen molar-refractivity contribution < 1.29 is 4.79 Å². The first kappa shape index (κ1) is 21.8. The van der Waals surface area contributed by atoms with E-state index < -0.39 is 0 Å². The summed E-state index contributed by atoms with van der Waals surface area (Å²) in [6, 6.07) is 25.0. The Labute approximate surface area is 191 Å². The quantitative estimate of drug-likeness (QED) is 0.305. The third-order valence-electron chi connectivity index (χ3n) is 4.99. The van der Waals surface area contributed by atoms with Gasteiger partial charge in [-0.3, -0.25) is 14.2 Å². The van der Waals surface area contributed by atoms with E-state index in [1.807, 2.05) is 72.8 Å². The summed E-state index contributed by atoms with van der Waals surface area (Å²) in [5.74, 6) is 0.296. The van der Waals surface area contributed by atoms with Crippen LogP contribution in [-0.4, -0.2) is 21.2 Å². The number of thioether (sulfide) groups is 1. The molecule has 6 heteroatoms. The van der Waals surface area contributed by atoms with Crippen molar-refractivity contribution in [3.05, 3.63) is 89.2 Å². The normalized spacial score (nSPS) is 11.1. The molecule has 3 aromatic carbocycles. The van der Waals surface area contributed by atoms with Crippen molar-refractivity contribution in [1.29, 1.82) is 0 Å². The van der Waals surface area contributed by atoms with Crippen molar-refractivity contribution in [2.24, 2.45) is 5.92 Å². The average molecular weight is 444 g/mol. The van der Waals surface area contributed by atoms with Gasteiger partial charge >= 0.3 is 0 Å². The van der Waals surface area contributed by atoms with Crippen LogP contribution in [0.5, 0.6) is 0 Å². The molecule has 0 spiro atoms. The van der Waals surface area contributed by atoms with Gasteiger partial charge in [0, 0.05) is 17.8 Å². The van der Waals surface area contributed by atoms with Crippen LogP contribution in [-0.2, 0) is 11.3 Å². The largest absolute Gasteiger partial charge is 0.325 e. The standard InChI is InChI=1S/C26H25N3O2S/c1-18(2)16-29-25(31)21-13-7-9-15-23(21)28-26(29)32-17-24(30)27-22-14-8-6-12-20(22)19-10-4-3-5-11-19/h3-15,18H,16-17H2,1-2H3,(H,27,30). The van der Waals surface area contributed by atoms with Crippen molar-refractivity contribution in [1.82, 2.24) is 9.55 Å². The smallest absolute Gasteiger partial charge is 0.262 e. The zero-order valence-electron chi connectivity index (χ0n) is 18.1. The monoisotopic (exact) mass is 443 g/mol. The van der Waals surface area contributed by atoms with Gasteiger partial charge < -0.3 is 5.32 Å². The Bertz CT molecular complexity index is 1300. The molecule has 1 aromatic heterocycles. The number of rotatable bonds is 7. The fraction of sp³-hybridized carbons (Fsp3) is 0.192. The number of benzene rings is 3. The first-order valence-electron chi connectivity index (χ1n) is 10.6. The SMILES string of the molecule is CC(C)Cn1c(SCC(=O)Nc2ccccc2-c2ccccc2)nc2ccccc2c1=O. The number of aromatic nitrogens is 2. The van der Waals surface area contributed by atoms with Crippen LogP contribution < -0.4 is 10.9 Å². The first-order valence-corrected chi connectivity index (χ1v) is 11.6. The summed E-state index contributed by atoms with van der Waals surface area (Å²) in [6.45, 7) is 4.67. The van der Waals surface area contributed by atoms with Crippen molar-refractivity contribution in [2.75, 3.05) is 11.1 Å². The predicted octanol–water partition coefficient (Wildman–Crippen LogP) is 5.45. The van der Waals surface area contributed by atoms with Crippen LogP contribution in [0.15, 0.2) is 88.8 Å². The third-order valence-corrected chi connectivity index (χ3v) is 5.97. The van der Waals surface area contributed by atoms with Crippen molar-refractivity contribution in [3.63, 3.8) is 0 Å². The van der Waals surface area contributed by atoms with Gasteiger partial charge in [-0.05, 0) is 29.7 Å². The van der Waals surface area contributed by atoms with E-state index >= 15 is 0 Å². The number of hydrogen-bond donors (Lipinski definition) is 1. The summed E-state index contributed by atoms with van der Waals surface area (Å²) >= 11 is 1.29. The lowest BCUT2D eigenvalue weighted by Gasteiger charge is -2.15. The van der Waals surface area contributed by atoms with E-state index in [-0.39, 0.29) is 23.1 Å². The number of amides is 1. The molecule has 1 amide bonds. The second kappa shape index (κ2) is 9.83. The molecular formula is C26H25N3O2S. The van der Waals surface area contributed by atoms with Gasteiger partial charge in [0.05, 0.1) is 16.7 Å². The van der Waals surface area contributed by atoms with E-state index in [1.165, 1.54) is 11.8 Å². The van der Waals surface area contributed by atoms with Gasteiger partial charge in [-0.15, -0.1) is 0 Å². The molecule has 4 rings (SSSR count). The van der Waals surface area contributed by atoms with Gasteiger partial charge in [0.2, 0.25) is 5.91 Å². The Morgan fingerprint density at radius 2 is 1.66 bits per heavy atom. The molecule has 0 radical (unpaired) electrons. The second-order valence-corrected chi connectivity index (χ2v) is 8.91. The number of anilines is 1. The minimum atomic E-state index is -0.142. The van der Waals surface area contributed by atoms with Gasteiger partial charge in [-0.25, -0.2) is 4.98 Å². The molecule has 0 aliphatic carbocycles. The van der Waals surface area contributed by atoms with Gasteiger partial charge in [0.15, 0.2) is 5.16 Å². The summed E-state index contributed by atoms with van der Waals surface area (Å²) in [4.78, 5) is 30.5. The van der Waals surface area contributed by atoms with Crippen molar-refractivity contribution >= 4 is 34.3 Å². The fourth-order valence-corrected chi connectivity index (χ4v) is 4.37. The summed E-state index contributed by atoms with van der Waals surface area (Å²) in [5.41, 5.74) is 3.34. The van der Waals surface area contributed by atoms with Crippen LogP contribution >= 0.6 is 11.8 Å². The van der Waals surface area contributed by atoms with Crippen molar-refractivity contribution in [2.45, 2.75) is 25.5 Å². The maximum absolute atomic E-state index is 13.0. The summed E-state index contributed by atoms with van der Waals surface area (Å²) in [5, 5.41) is 4.18. The molecule has 4 aromatic rings. The Morgan fingerprint density at radius 3 is 2.44 bits per heavy atom. The highest BCUT2D eigenvalue weighted by Crippen LogP contribution is 2.28. The van der Waals surface area contributed by atoms with Crippen molar-refractivity contribution in [3.8, 4) is 11.1 Å². The number of carbonyl (C=O) groups excluding carboxylic acids is 1. The van der Waals surface area contributed by atoms with E-state index in [0.717, 1.165) is 16.8 Å². The molecule has 0 saturated heterocycles. The topological polar surface area (TPSA) is 64.0 Å². The van der Waals surface area contributed by atoms with Crippen LogP contribution in [0.1, 0.15) is 13.8 Å². The molecule has 162 valence electrons. The lowest BCUT2D eigenvalue weighted by molar-refractivity contribution is -0.113. The summed E-state index contributed by atoms with van der Waals surface area (Å²) in [7, 11) is 0. The molecule has 1 heterocycles. The number of nitrogens with zero attached hydrogens (tertiary/aromatic N) is 2. The van der Waals surface area contributed by atoms with Gasteiger partial charge in [-0.2, -0.15) is 0 Å². The molecule has 1 N–H and O–H groups in total. The average Bonchev–Trinajstić information content (AvgIpc) is 2.80. The van der Waals surface area contributed by atoms with Crippen LogP contribution in [0.25, 0.3) is 22.0 Å². The van der Waals surface area contributed by atoms with E-state index in [2.05, 4.69) is 24.1 Å². The predicted molar refractivity (Wildman–Crippen MR) is 132 cm³/mol. The Morgan fingerprint density at radius 1 is 0.969 bits per heavy atom. The minimum Gasteiger partial charge on any atom is -0.325 e. The van der Waals surface area contributed by atoms with Gasteiger partial charge in [0.25, 0.3) is 5.56 Å². The van der Waals surface area contributed by atoms with Crippen LogP contribution in [0, 0.1) is 5.92 Å². The Hall–Kier alpha value is -3.38. The Balaban J connectivity index is 1.56. The first-order chi connectivity index (χ1) is 15.5. The van der Waals surface area contributed by atoms with E-state index in [4.69, 9.17) is 0 Å². The molecule has 0 saturated carbocycles. The molecule has 32 heavy (non-hydrogen) atoms. The lowest BCUT2D eigenvalue weighted by Crippen LogP contribution is -2.26. The summed E-state index contributed by atoms with van der Waals surface area (Å²) in [6.07, 6.45) is 0. The van der Waals surface area contributed by atoms with Gasteiger partial charge in [-0.1, -0.05) is 86.3 Å². The number of nitrogens with one attached hydrogen (secondary N) is 1. The fourth-order valence-electron chi connectivity index (χ4n) is 3.56. The highest BCUT2D eigenvalue weighted by Gasteiger charge is 2.15. The molecule has 5 nitrogen and oxygen atoms in total. The maximum Gasteiger partial charge on any atom is 0.262 e. The molecule has 0 aliphatic rings. The highest BCUT2D eigenvalue weighted by molar-refractivity contribution is 7.99. The number of para-hydroxylation sites is 2. The zero-order chi connectivity index (χ0) is 22.5. The van der Waals surface area contributed by atoms with Crippen LogP contribution in [0.4, 0.5) is 5.69 Å². The Kier molecular flexibility index (Phi) is 6.71. The highest BCUT2D eigenvalue weighted by atomic mass is 32.2. The van der Waals surface area contributed by atoms with E-state index in [9.17, 15) is 9.59 Å². The van der Waals surface area contributed by atoms with Crippen LogP contribution in [0.3, 0.4) is 0 Å². The number of carbonyl (C=O) groups is 1. The molecule has 0 bridgehead atoms. The van der Waals surface area contributed by atoms with E-state index in [1.54, 1.807) is 10.6 Å².